The fourth-order valence-electron chi connectivity index (χ4n) is 5.35. The summed E-state index contributed by atoms with van der Waals surface area (Å²) in [6.07, 6.45) is 7.96. The van der Waals surface area contributed by atoms with Gasteiger partial charge >= 0.3 is 0 Å². The van der Waals surface area contributed by atoms with Crippen LogP contribution in [0.15, 0.2) is 102 Å². The first-order valence-electron chi connectivity index (χ1n) is 11.6. The second kappa shape index (κ2) is 7.35. The lowest BCUT2D eigenvalue weighted by Gasteiger charge is -2.29. The molecular formula is C30H22N4. The van der Waals surface area contributed by atoms with Crippen molar-refractivity contribution >= 4 is 17.0 Å². The van der Waals surface area contributed by atoms with E-state index in [1.807, 2.05) is 24.6 Å². The van der Waals surface area contributed by atoms with Gasteiger partial charge in [0.15, 0.2) is 0 Å². The van der Waals surface area contributed by atoms with Gasteiger partial charge in [0.05, 0.1) is 17.1 Å². The van der Waals surface area contributed by atoms with Gasteiger partial charge in [0, 0.05) is 36.5 Å². The van der Waals surface area contributed by atoms with E-state index in [9.17, 15) is 0 Å². The van der Waals surface area contributed by atoms with Crippen LogP contribution in [0.3, 0.4) is 0 Å². The molecule has 1 aliphatic carbocycles. The number of pyridine rings is 1. The zero-order valence-corrected chi connectivity index (χ0v) is 18.8. The van der Waals surface area contributed by atoms with Crippen LogP contribution in [-0.4, -0.2) is 20.7 Å². The van der Waals surface area contributed by atoms with Gasteiger partial charge in [-0.15, -0.1) is 0 Å². The van der Waals surface area contributed by atoms with Crippen molar-refractivity contribution < 1.29 is 0 Å². The van der Waals surface area contributed by atoms with Gasteiger partial charge in [0.25, 0.3) is 0 Å². The van der Waals surface area contributed by atoms with E-state index in [4.69, 9.17) is 15.0 Å². The number of dihydropyridines is 1. The van der Waals surface area contributed by atoms with Crippen LogP contribution in [0.1, 0.15) is 23.3 Å². The van der Waals surface area contributed by atoms with Crippen LogP contribution in [0, 0.1) is 0 Å². The maximum atomic E-state index is 5.16. The number of allylic oxidation sites excluding steroid dienone is 1. The van der Waals surface area contributed by atoms with Crippen LogP contribution in [-0.2, 0) is 7.05 Å². The summed E-state index contributed by atoms with van der Waals surface area (Å²) in [6.45, 7) is 0. The number of aromatic nitrogens is 3. The van der Waals surface area contributed by atoms with Crippen LogP contribution in [0.2, 0.25) is 0 Å². The molecule has 3 heterocycles. The number of imidazole rings is 1. The predicted octanol–water partition coefficient (Wildman–Crippen LogP) is 6.75. The molecular weight excluding hydrogens is 416 g/mol. The van der Waals surface area contributed by atoms with Crippen LogP contribution >= 0.6 is 0 Å². The number of nitrogens with zero attached hydrogens (tertiary/aromatic N) is 4. The molecule has 4 heteroatoms. The van der Waals surface area contributed by atoms with Gasteiger partial charge in [-0.05, 0) is 46.2 Å². The van der Waals surface area contributed by atoms with Gasteiger partial charge in [-0.25, -0.2) is 4.98 Å². The Bertz CT molecular complexity index is 1620. The highest BCUT2D eigenvalue weighted by molar-refractivity contribution is 5.87. The highest BCUT2D eigenvalue weighted by atomic mass is 15.1. The van der Waals surface area contributed by atoms with Crippen LogP contribution < -0.4 is 0 Å². The minimum atomic E-state index is -0.00766. The lowest BCUT2D eigenvalue weighted by Crippen LogP contribution is -2.19. The van der Waals surface area contributed by atoms with Crippen molar-refractivity contribution in [2.75, 3.05) is 0 Å². The van der Waals surface area contributed by atoms with Crippen molar-refractivity contribution in [3.05, 3.63) is 109 Å². The highest BCUT2D eigenvalue weighted by Crippen LogP contribution is 2.48. The first-order valence-corrected chi connectivity index (χ1v) is 11.6. The van der Waals surface area contributed by atoms with Gasteiger partial charge in [-0.3, -0.25) is 9.98 Å². The average molecular weight is 439 g/mol. The molecule has 0 amide bonds. The van der Waals surface area contributed by atoms with Gasteiger partial charge < -0.3 is 4.57 Å². The number of fused-ring (bicyclic) bond motifs is 7. The van der Waals surface area contributed by atoms with Crippen molar-refractivity contribution in [2.45, 2.75) is 12.0 Å². The summed E-state index contributed by atoms with van der Waals surface area (Å²) >= 11 is 0. The molecule has 2 aromatic heterocycles. The Labute approximate surface area is 198 Å². The van der Waals surface area contributed by atoms with E-state index in [1.54, 1.807) is 0 Å². The van der Waals surface area contributed by atoms with E-state index in [0.717, 1.165) is 34.0 Å². The third-order valence-corrected chi connectivity index (χ3v) is 7.03. The van der Waals surface area contributed by atoms with Crippen LogP contribution in [0.5, 0.6) is 0 Å². The molecule has 7 rings (SSSR count). The first-order chi connectivity index (χ1) is 16.8. The summed E-state index contributed by atoms with van der Waals surface area (Å²) in [6, 6.07) is 28.0. The molecule has 0 bridgehead atoms. The molecule has 0 fully saturated rings. The third kappa shape index (κ3) is 2.82. The van der Waals surface area contributed by atoms with Crippen molar-refractivity contribution in [3.63, 3.8) is 0 Å². The van der Waals surface area contributed by atoms with Crippen molar-refractivity contribution in [1.82, 2.24) is 14.5 Å². The Kier molecular flexibility index (Phi) is 4.15. The van der Waals surface area contributed by atoms with Gasteiger partial charge in [-0.1, -0.05) is 66.7 Å². The fourth-order valence-corrected chi connectivity index (χ4v) is 5.35. The van der Waals surface area contributed by atoms with E-state index in [0.29, 0.717) is 0 Å². The molecule has 2 atom stereocenters. The van der Waals surface area contributed by atoms with E-state index >= 15 is 0 Å². The van der Waals surface area contributed by atoms with Crippen molar-refractivity contribution in [2.24, 2.45) is 12.0 Å². The minimum absolute atomic E-state index is 0.00766. The van der Waals surface area contributed by atoms with Gasteiger partial charge in [-0.2, -0.15) is 0 Å². The normalized spacial score (nSPS) is 17.9. The standard InChI is InChI=1S/C30H22N4/c1-34-29-25-9-5-17-32-27(25)26-24(8-4-16-31-26)28(29)33-30(34)21-13-10-20(11-14-21)23-15-12-19-6-2-3-7-22(19)18-23/h2-18,24,26H,1H3. The molecule has 5 aromatic rings. The molecule has 0 saturated carbocycles. The first kappa shape index (κ1) is 19.2. The van der Waals surface area contributed by atoms with Crippen molar-refractivity contribution in [1.29, 1.82) is 0 Å². The van der Waals surface area contributed by atoms with Gasteiger partial charge in [0.2, 0.25) is 0 Å². The van der Waals surface area contributed by atoms with E-state index in [-0.39, 0.29) is 12.0 Å². The number of rotatable bonds is 2. The van der Waals surface area contributed by atoms with Crippen LogP contribution in [0.4, 0.5) is 0 Å². The molecule has 0 N–H and O–H groups in total. The van der Waals surface area contributed by atoms with E-state index in [2.05, 4.69) is 90.5 Å². The maximum Gasteiger partial charge on any atom is 0.140 e. The molecule has 2 unspecified atom stereocenters. The Morgan fingerprint density at radius 3 is 2.44 bits per heavy atom. The number of benzene rings is 3. The van der Waals surface area contributed by atoms with E-state index < -0.39 is 0 Å². The highest BCUT2D eigenvalue weighted by Gasteiger charge is 2.37. The third-order valence-electron chi connectivity index (χ3n) is 7.03. The average Bonchev–Trinajstić information content (AvgIpc) is 3.26. The summed E-state index contributed by atoms with van der Waals surface area (Å²) in [5.74, 6) is 1.08. The van der Waals surface area contributed by atoms with Crippen LogP contribution in [0.25, 0.3) is 44.5 Å². The summed E-state index contributed by atoms with van der Waals surface area (Å²) in [5, 5.41) is 2.52. The smallest absolute Gasteiger partial charge is 0.140 e. The quantitative estimate of drug-likeness (QED) is 0.306. The largest absolute Gasteiger partial charge is 0.327 e. The molecule has 2 aliphatic rings. The fraction of sp³-hybridized carbons (Fsp3) is 0.100. The summed E-state index contributed by atoms with van der Waals surface area (Å²) in [7, 11) is 2.10. The molecule has 1 aliphatic heterocycles. The minimum Gasteiger partial charge on any atom is -0.327 e. The second-order valence-electron chi connectivity index (χ2n) is 8.96. The number of aliphatic imine (C=N–C) groups is 1. The SMILES string of the molecule is Cn1c(-c2ccc(-c3ccc4ccccc4c3)cc2)nc2c1-c1cccnc1C1N=CC=CC21. The topological polar surface area (TPSA) is 43.1 Å². The monoisotopic (exact) mass is 438 g/mol. The Morgan fingerprint density at radius 2 is 1.56 bits per heavy atom. The molecule has 34 heavy (non-hydrogen) atoms. The maximum absolute atomic E-state index is 5.16. The summed E-state index contributed by atoms with van der Waals surface area (Å²) < 4.78 is 2.21. The lowest BCUT2D eigenvalue weighted by atomic mass is 9.82. The molecule has 3 aromatic carbocycles. The predicted molar refractivity (Wildman–Crippen MR) is 138 cm³/mol. The molecule has 162 valence electrons. The zero-order valence-electron chi connectivity index (χ0n) is 18.8. The number of hydrogen-bond acceptors (Lipinski definition) is 3. The lowest BCUT2D eigenvalue weighted by molar-refractivity contribution is 0.606. The second-order valence-corrected chi connectivity index (χ2v) is 8.96. The summed E-state index contributed by atoms with van der Waals surface area (Å²) in [4.78, 5) is 14.6. The summed E-state index contributed by atoms with van der Waals surface area (Å²) in [5.41, 5.74) is 7.90. The molecule has 0 radical (unpaired) electrons. The Morgan fingerprint density at radius 1 is 0.765 bits per heavy atom. The molecule has 4 nitrogen and oxygen atoms in total. The molecule has 0 saturated heterocycles. The van der Waals surface area contributed by atoms with Crippen molar-refractivity contribution in [3.8, 4) is 33.8 Å². The van der Waals surface area contributed by atoms with E-state index in [1.165, 1.54) is 21.9 Å². The molecule has 0 spiro atoms. The van der Waals surface area contributed by atoms with Gasteiger partial charge in [0.1, 0.15) is 11.9 Å². The Balaban J connectivity index is 1.32. The Hall–Kier alpha value is -4.31. The zero-order chi connectivity index (χ0) is 22.6. The number of hydrogen-bond donors (Lipinski definition) is 0.